The molecule has 13 heavy (non-hydrogen) atoms. The number of hydrogen-bond acceptors (Lipinski definition) is 2. The summed E-state index contributed by atoms with van der Waals surface area (Å²) in [5.41, 5.74) is 2.11. The van der Waals surface area contributed by atoms with Gasteiger partial charge in [-0.15, -0.1) is 11.3 Å². The van der Waals surface area contributed by atoms with Crippen LogP contribution < -0.4 is 0 Å². The van der Waals surface area contributed by atoms with Crippen molar-refractivity contribution in [2.75, 3.05) is 0 Å². The van der Waals surface area contributed by atoms with E-state index in [0.717, 1.165) is 11.9 Å². The Morgan fingerprint density at radius 1 is 1.54 bits per heavy atom. The van der Waals surface area contributed by atoms with Gasteiger partial charge in [0.25, 0.3) is 0 Å². The molecule has 1 nitrogen and oxygen atoms in total. The largest absolute Gasteiger partial charge is 0.298 e. The molecule has 0 N–H and O–H groups in total. The van der Waals surface area contributed by atoms with Crippen LogP contribution >= 0.6 is 11.3 Å². The predicted octanol–water partition coefficient (Wildman–Crippen LogP) is 3.29. The van der Waals surface area contributed by atoms with E-state index in [1.807, 2.05) is 25.3 Å². The quantitative estimate of drug-likeness (QED) is 0.533. The average Bonchev–Trinajstić information content (AvgIpc) is 2.46. The molecule has 0 aliphatic carbocycles. The molecule has 0 fully saturated rings. The van der Waals surface area contributed by atoms with Gasteiger partial charge in [0, 0.05) is 4.88 Å². The smallest absolute Gasteiger partial charge is 0.146 e. The van der Waals surface area contributed by atoms with Crippen molar-refractivity contribution in [2.24, 2.45) is 5.92 Å². The summed E-state index contributed by atoms with van der Waals surface area (Å²) in [6.45, 7) is 6.12. The molecule has 0 spiro atoms. The molecule has 1 heterocycles. The highest BCUT2D eigenvalue weighted by Crippen LogP contribution is 2.20. The third kappa shape index (κ3) is 2.52. The van der Waals surface area contributed by atoms with Gasteiger partial charge in [0.15, 0.2) is 0 Å². The first-order chi connectivity index (χ1) is 6.15. The van der Waals surface area contributed by atoms with Gasteiger partial charge < -0.3 is 0 Å². The molecule has 0 bridgehead atoms. The molecule has 0 radical (unpaired) electrons. The van der Waals surface area contributed by atoms with Crippen molar-refractivity contribution in [1.29, 1.82) is 0 Å². The molecule has 1 rings (SSSR count). The van der Waals surface area contributed by atoms with Crippen LogP contribution in [0, 0.1) is 12.8 Å². The molecule has 0 aliphatic heterocycles. The normalized spacial score (nSPS) is 12.2. The number of allylic oxidation sites excluding steroid dienone is 1. The van der Waals surface area contributed by atoms with Crippen LogP contribution in [0.4, 0.5) is 0 Å². The van der Waals surface area contributed by atoms with Gasteiger partial charge in [-0.2, -0.15) is 0 Å². The van der Waals surface area contributed by atoms with Crippen LogP contribution in [0.1, 0.15) is 24.3 Å². The summed E-state index contributed by atoms with van der Waals surface area (Å²) in [6, 6.07) is 2.07. The van der Waals surface area contributed by atoms with Crippen LogP contribution in [0.25, 0.3) is 6.08 Å². The summed E-state index contributed by atoms with van der Waals surface area (Å²) in [5, 5.41) is 2.05. The Bertz CT molecular complexity index is 321. The minimum absolute atomic E-state index is 0.305. The highest BCUT2D eigenvalue weighted by Gasteiger charge is 2.03. The molecule has 0 amide bonds. The summed E-state index contributed by atoms with van der Waals surface area (Å²) in [7, 11) is 0. The molecule has 0 aliphatic rings. The summed E-state index contributed by atoms with van der Waals surface area (Å²) in [4.78, 5) is 11.9. The average molecular weight is 194 g/mol. The number of rotatable bonds is 3. The van der Waals surface area contributed by atoms with Crippen LogP contribution in [-0.4, -0.2) is 6.29 Å². The Kier molecular flexibility index (Phi) is 3.43. The Labute approximate surface area is 83.1 Å². The van der Waals surface area contributed by atoms with Gasteiger partial charge in [0.1, 0.15) is 6.29 Å². The van der Waals surface area contributed by atoms with Crippen molar-refractivity contribution in [3.05, 3.63) is 27.5 Å². The molecule has 2 heteroatoms. The summed E-state index contributed by atoms with van der Waals surface area (Å²) >= 11 is 1.68. The first-order valence-electron chi connectivity index (χ1n) is 4.36. The predicted molar refractivity (Wildman–Crippen MR) is 57.9 cm³/mol. The van der Waals surface area contributed by atoms with E-state index in [-0.39, 0.29) is 0 Å². The fraction of sp³-hybridized carbons (Fsp3) is 0.364. The lowest BCUT2D eigenvalue weighted by molar-refractivity contribution is -0.105. The maximum absolute atomic E-state index is 10.7. The zero-order valence-corrected chi connectivity index (χ0v) is 9.02. The van der Waals surface area contributed by atoms with E-state index in [1.54, 1.807) is 11.3 Å². The topological polar surface area (TPSA) is 17.1 Å². The van der Waals surface area contributed by atoms with E-state index in [9.17, 15) is 4.79 Å². The summed E-state index contributed by atoms with van der Waals surface area (Å²) in [5.74, 6) is 0.305. The zero-order chi connectivity index (χ0) is 9.84. The van der Waals surface area contributed by atoms with Gasteiger partial charge >= 0.3 is 0 Å². The van der Waals surface area contributed by atoms with Crippen LogP contribution in [0.15, 0.2) is 17.0 Å². The fourth-order valence-corrected chi connectivity index (χ4v) is 1.90. The van der Waals surface area contributed by atoms with Gasteiger partial charge in [-0.1, -0.05) is 13.8 Å². The van der Waals surface area contributed by atoms with Crippen molar-refractivity contribution in [1.82, 2.24) is 0 Å². The van der Waals surface area contributed by atoms with Gasteiger partial charge in [-0.05, 0) is 41.5 Å². The molecule has 1 aromatic rings. The second-order valence-electron chi connectivity index (χ2n) is 3.38. The summed E-state index contributed by atoms with van der Waals surface area (Å²) < 4.78 is 0. The van der Waals surface area contributed by atoms with Crippen molar-refractivity contribution >= 4 is 23.7 Å². The van der Waals surface area contributed by atoms with Crippen LogP contribution in [0.5, 0.6) is 0 Å². The fourth-order valence-electron chi connectivity index (χ4n) is 1.02. The second kappa shape index (κ2) is 4.38. The first-order valence-corrected chi connectivity index (χ1v) is 5.24. The highest BCUT2D eigenvalue weighted by atomic mass is 32.1. The first kappa shape index (κ1) is 10.2. The van der Waals surface area contributed by atoms with Gasteiger partial charge in [0.2, 0.25) is 0 Å². The van der Waals surface area contributed by atoms with Gasteiger partial charge in [-0.25, -0.2) is 0 Å². The van der Waals surface area contributed by atoms with Gasteiger partial charge in [0.05, 0.1) is 0 Å². The zero-order valence-electron chi connectivity index (χ0n) is 8.20. The van der Waals surface area contributed by atoms with Crippen molar-refractivity contribution in [3.63, 3.8) is 0 Å². The van der Waals surface area contributed by atoms with Crippen LogP contribution in [0.2, 0.25) is 0 Å². The van der Waals surface area contributed by atoms with E-state index >= 15 is 0 Å². The summed E-state index contributed by atoms with van der Waals surface area (Å²) in [6.07, 6.45) is 2.93. The third-order valence-corrected chi connectivity index (χ3v) is 2.97. The molecule has 0 saturated carbocycles. The van der Waals surface area contributed by atoms with E-state index in [4.69, 9.17) is 0 Å². The van der Waals surface area contributed by atoms with E-state index < -0.39 is 0 Å². The monoisotopic (exact) mass is 194 g/mol. The maximum atomic E-state index is 10.7. The SMILES string of the molecule is Cc1ccsc1C=C(C=O)C(C)C. The van der Waals surface area contributed by atoms with Gasteiger partial charge in [-0.3, -0.25) is 4.79 Å². The number of hydrogen-bond donors (Lipinski definition) is 0. The Balaban J connectivity index is 2.98. The number of carbonyl (C=O) groups is 1. The van der Waals surface area contributed by atoms with Crippen LogP contribution in [0.3, 0.4) is 0 Å². The number of carbonyl (C=O) groups excluding carboxylic acids is 1. The Hall–Kier alpha value is -0.890. The third-order valence-electron chi connectivity index (χ3n) is 2.00. The minimum Gasteiger partial charge on any atom is -0.298 e. The van der Waals surface area contributed by atoms with E-state index in [2.05, 4.69) is 13.0 Å². The lowest BCUT2D eigenvalue weighted by Crippen LogP contribution is -1.94. The number of aryl methyl sites for hydroxylation is 1. The van der Waals surface area contributed by atoms with Crippen LogP contribution in [-0.2, 0) is 4.79 Å². The lowest BCUT2D eigenvalue weighted by Gasteiger charge is -2.02. The van der Waals surface area contributed by atoms with E-state index in [0.29, 0.717) is 5.92 Å². The number of aldehydes is 1. The number of thiophene rings is 1. The highest BCUT2D eigenvalue weighted by molar-refractivity contribution is 7.11. The van der Waals surface area contributed by atoms with Crippen molar-refractivity contribution in [3.8, 4) is 0 Å². The Morgan fingerprint density at radius 3 is 2.62 bits per heavy atom. The van der Waals surface area contributed by atoms with Crippen molar-refractivity contribution in [2.45, 2.75) is 20.8 Å². The molecule has 0 unspecified atom stereocenters. The molecule has 70 valence electrons. The molecular weight excluding hydrogens is 180 g/mol. The molecular formula is C11H14OS. The maximum Gasteiger partial charge on any atom is 0.146 e. The van der Waals surface area contributed by atoms with Crippen molar-refractivity contribution < 1.29 is 4.79 Å². The minimum atomic E-state index is 0.305. The second-order valence-corrected chi connectivity index (χ2v) is 4.33. The molecule has 0 saturated heterocycles. The molecule has 0 aromatic carbocycles. The lowest BCUT2D eigenvalue weighted by atomic mass is 10.0. The Morgan fingerprint density at radius 2 is 2.23 bits per heavy atom. The standard InChI is InChI=1S/C11H14OS/c1-8(2)10(7-12)6-11-9(3)4-5-13-11/h4-8H,1-3H3. The molecule has 1 aromatic heterocycles. The van der Waals surface area contributed by atoms with E-state index in [1.165, 1.54) is 10.4 Å². The molecule has 0 atom stereocenters.